The van der Waals surface area contributed by atoms with Crippen LogP contribution in [0.15, 0.2) is 71.4 Å². The van der Waals surface area contributed by atoms with Crippen molar-refractivity contribution in [2.45, 2.75) is 20.1 Å². The van der Waals surface area contributed by atoms with Crippen molar-refractivity contribution in [2.24, 2.45) is 0 Å². The Labute approximate surface area is 162 Å². The van der Waals surface area contributed by atoms with Gasteiger partial charge in [-0.3, -0.25) is 4.79 Å². The summed E-state index contributed by atoms with van der Waals surface area (Å²) in [6.45, 7) is 2.65. The Morgan fingerprint density at radius 2 is 1.82 bits per heavy atom. The van der Waals surface area contributed by atoms with Crippen LogP contribution in [0.25, 0.3) is 11.1 Å². The number of fused-ring (bicyclic) bond motifs is 1. The second kappa shape index (κ2) is 7.92. The lowest BCUT2D eigenvalue weighted by atomic mass is 10.1. The topological polar surface area (TPSA) is 77.2 Å². The van der Waals surface area contributed by atoms with Crippen LogP contribution in [0.3, 0.4) is 0 Å². The minimum absolute atomic E-state index is 0.200. The van der Waals surface area contributed by atoms with Crippen LogP contribution in [0.2, 0.25) is 0 Å². The molecule has 6 nitrogen and oxygen atoms in total. The molecule has 0 atom stereocenters. The van der Waals surface area contributed by atoms with Crippen LogP contribution in [0.5, 0.6) is 5.75 Å². The van der Waals surface area contributed by atoms with Crippen molar-refractivity contribution < 1.29 is 14.1 Å². The van der Waals surface area contributed by atoms with Crippen LogP contribution < -0.4 is 10.1 Å². The molecule has 0 bridgehead atoms. The Hall–Kier alpha value is -3.67. The molecule has 140 valence electrons. The molecule has 1 N–H and O–H groups in total. The van der Waals surface area contributed by atoms with Crippen LogP contribution in [0.4, 0.5) is 0 Å². The predicted molar refractivity (Wildman–Crippen MR) is 105 cm³/mol. The van der Waals surface area contributed by atoms with E-state index in [9.17, 15) is 4.79 Å². The van der Waals surface area contributed by atoms with Gasteiger partial charge in [0.25, 0.3) is 11.6 Å². The number of hydrogen-bond acceptors (Lipinski definition) is 5. The van der Waals surface area contributed by atoms with Gasteiger partial charge in [-0.05, 0) is 36.2 Å². The van der Waals surface area contributed by atoms with E-state index < -0.39 is 0 Å². The number of hydrogen-bond donors (Lipinski definition) is 1. The Bertz CT molecular complexity index is 1110. The van der Waals surface area contributed by atoms with Crippen LogP contribution in [0.1, 0.15) is 27.2 Å². The summed E-state index contributed by atoms with van der Waals surface area (Å²) >= 11 is 0. The van der Waals surface area contributed by atoms with Crippen molar-refractivity contribution >= 4 is 17.0 Å². The summed E-state index contributed by atoms with van der Waals surface area (Å²) in [6, 6.07) is 19.3. The Morgan fingerprint density at radius 1 is 1.07 bits per heavy atom. The molecule has 4 rings (SSSR count). The first-order valence-electron chi connectivity index (χ1n) is 8.95. The highest BCUT2D eigenvalue weighted by molar-refractivity contribution is 5.96. The summed E-state index contributed by atoms with van der Waals surface area (Å²) < 4.78 is 10.9. The van der Waals surface area contributed by atoms with E-state index in [0.717, 1.165) is 22.3 Å². The number of ether oxygens (including phenoxy) is 1. The second-order valence-electron chi connectivity index (χ2n) is 6.40. The van der Waals surface area contributed by atoms with E-state index in [1.165, 1.54) is 6.20 Å². The maximum atomic E-state index is 12.6. The number of aromatic nitrogens is 2. The maximum absolute atomic E-state index is 12.6. The third-order valence-corrected chi connectivity index (χ3v) is 4.47. The zero-order valence-corrected chi connectivity index (χ0v) is 15.4. The summed E-state index contributed by atoms with van der Waals surface area (Å²) in [5.74, 6) is 0.610. The second-order valence-corrected chi connectivity index (χ2v) is 6.40. The van der Waals surface area contributed by atoms with E-state index in [-0.39, 0.29) is 5.91 Å². The number of para-hydroxylation sites is 1. The van der Waals surface area contributed by atoms with E-state index in [2.05, 4.69) is 15.5 Å². The zero-order valence-electron chi connectivity index (χ0n) is 15.4. The van der Waals surface area contributed by atoms with E-state index in [4.69, 9.17) is 9.26 Å². The summed E-state index contributed by atoms with van der Waals surface area (Å²) in [5.41, 5.74) is 3.63. The fourth-order valence-electron chi connectivity index (χ4n) is 2.90. The molecule has 6 heteroatoms. The lowest BCUT2D eigenvalue weighted by Crippen LogP contribution is -2.23. The number of carbonyl (C=O) groups is 1. The van der Waals surface area contributed by atoms with Gasteiger partial charge in [0.1, 0.15) is 12.4 Å². The fraction of sp³-hybridized carbons (Fsp3) is 0.136. The lowest BCUT2D eigenvalue weighted by Gasteiger charge is -2.12. The summed E-state index contributed by atoms with van der Waals surface area (Å²) in [4.78, 5) is 16.7. The Kier molecular flexibility index (Phi) is 5.01. The predicted octanol–water partition coefficient (Wildman–Crippen LogP) is 4.04. The number of nitrogens with zero attached hydrogens (tertiary/aromatic N) is 2. The van der Waals surface area contributed by atoms with E-state index in [1.54, 1.807) is 6.07 Å². The highest BCUT2D eigenvalue weighted by atomic mass is 16.5. The third-order valence-electron chi connectivity index (χ3n) is 4.47. The molecule has 28 heavy (non-hydrogen) atoms. The quantitative estimate of drug-likeness (QED) is 0.552. The first-order chi connectivity index (χ1) is 13.7. The lowest BCUT2D eigenvalue weighted by molar-refractivity contribution is 0.0950. The largest absolute Gasteiger partial charge is 0.489 e. The highest BCUT2D eigenvalue weighted by Crippen LogP contribution is 2.17. The van der Waals surface area contributed by atoms with Crippen LogP contribution in [-0.4, -0.2) is 16.0 Å². The molecule has 0 aliphatic heterocycles. The van der Waals surface area contributed by atoms with Gasteiger partial charge in [0, 0.05) is 12.7 Å². The normalized spacial score (nSPS) is 10.8. The first-order valence-corrected chi connectivity index (χ1v) is 8.95. The Balaban J connectivity index is 1.44. The minimum atomic E-state index is -0.200. The van der Waals surface area contributed by atoms with Gasteiger partial charge >= 0.3 is 0 Å². The molecule has 4 aromatic rings. The molecule has 0 unspecified atom stereocenters. The summed E-state index contributed by atoms with van der Waals surface area (Å²) in [6.07, 6.45) is 1.49. The van der Waals surface area contributed by atoms with Gasteiger partial charge in [-0.25, -0.2) is 4.98 Å². The smallest absolute Gasteiger partial charge is 0.257 e. The number of carbonyl (C=O) groups excluding carboxylic acids is 1. The summed E-state index contributed by atoms with van der Waals surface area (Å²) in [5, 5.41) is 7.55. The number of nitrogens with one attached hydrogen (secondary N) is 1. The molecule has 1 amide bonds. The number of rotatable bonds is 6. The molecule has 0 saturated carbocycles. The standard InChI is InChI=1S/C22H19N3O3/c1-15-20-11-18(13-24-22(20)28-25-15)21(26)23-12-16-7-5-6-8-17(16)14-27-19-9-3-2-4-10-19/h2-11,13H,12,14H2,1H3,(H,23,26). The number of aryl methyl sites for hydroxylation is 1. The molecule has 0 saturated heterocycles. The van der Waals surface area contributed by atoms with Crippen LogP contribution in [0, 0.1) is 6.92 Å². The van der Waals surface area contributed by atoms with Gasteiger partial charge in [0.05, 0.1) is 16.6 Å². The van der Waals surface area contributed by atoms with Gasteiger partial charge in [-0.2, -0.15) is 0 Å². The van der Waals surface area contributed by atoms with Gasteiger partial charge < -0.3 is 14.6 Å². The molecule has 0 fully saturated rings. The molecule has 0 radical (unpaired) electrons. The molecular weight excluding hydrogens is 354 g/mol. The molecule has 2 aromatic heterocycles. The molecule has 0 aliphatic carbocycles. The van der Waals surface area contributed by atoms with Crippen molar-refractivity contribution in [1.29, 1.82) is 0 Å². The van der Waals surface area contributed by atoms with Crippen molar-refractivity contribution in [1.82, 2.24) is 15.5 Å². The van der Waals surface area contributed by atoms with Crippen LogP contribution >= 0.6 is 0 Å². The maximum Gasteiger partial charge on any atom is 0.257 e. The van der Waals surface area contributed by atoms with Crippen LogP contribution in [-0.2, 0) is 13.2 Å². The van der Waals surface area contributed by atoms with Crippen molar-refractivity contribution in [3.8, 4) is 5.75 Å². The highest BCUT2D eigenvalue weighted by Gasteiger charge is 2.12. The molecular formula is C22H19N3O3. The number of benzene rings is 2. The van der Waals surface area contributed by atoms with Gasteiger partial charge in [-0.1, -0.05) is 47.6 Å². The minimum Gasteiger partial charge on any atom is -0.489 e. The average molecular weight is 373 g/mol. The van der Waals surface area contributed by atoms with Gasteiger partial charge in [0.15, 0.2) is 0 Å². The number of amides is 1. The monoisotopic (exact) mass is 373 g/mol. The Morgan fingerprint density at radius 3 is 2.64 bits per heavy atom. The average Bonchev–Trinajstić information content (AvgIpc) is 3.12. The van der Waals surface area contributed by atoms with Gasteiger partial charge in [0.2, 0.25) is 0 Å². The third kappa shape index (κ3) is 3.86. The first kappa shape index (κ1) is 17.7. The van der Waals surface area contributed by atoms with E-state index in [1.807, 2.05) is 61.5 Å². The van der Waals surface area contributed by atoms with Gasteiger partial charge in [-0.15, -0.1) is 0 Å². The fourth-order valence-corrected chi connectivity index (χ4v) is 2.90. The summed E-state index contributed by atoms with van der Waals surface area (Å²) in [7, 11) is 0. The van der Waals surface area contributed by atoms with Crippen molar-refractivity contribution in [3.63, 3.8) is 0 Å². The molecule has 2 aromatic carbocycles. The number of pyridine rings is 1. The molecule has 0 spiro atoms. The van der Waals surface area contributed by atoms with Crippen molar-refractivity contribution in [2.75, 3.05) is 0 Å². The van der Waals surface area contributed by atoms with E-state index in [0.29, 0.717) is 30.1 Å². The van der Waals surface area contributed by atoms with E-state index >= 15 is 0 Å². The molecule has 0 aliphatic rings. The molecule has 2 heterocycles. The SMILES string of the molecule is Cc1noc2ncc(C(=O)NCc3ccccc3COc3ccccc3)cc12. The zero-order chi connectivity index (χ0) is 19.3. The van der Waals surface area contributed by atoms with Crippen molar-refractivity contribution in [3.05, 3.63) is 89.2 Å².